The summed E-state index contributed by atoms with van der Waals surface area (Å²) in [4.78, 5) is 12.5. The number of sulfonamides is 1. The molecule has 0 saturated heterocycles. The predicted molar refractivity (Wildman–Crippen MR) is 113 cm³/mol. The van der Waals surface area contributed by atoms with E-state index in [-0.39, 0.29) is 24.0 Å². The summed E-state index contributed by atoms with van der Waals surface area (Å²) in [5.41, 5.74) is 0.629. The molecular weight excluding hydrogens is 412 g/mol. The first-order valence-corrected chi connectivity index (χ1v) is 10.7. The molecule has 3 rings (SSSR count). The third-order valence-corrected chi connectivity index (χ3v) is 5.62. The van der Waals surface area contributed by atoms with Crippen molar-refractivity contribution in [3.05, 3.63) is 89.4 Å². The number of carbonyl (C=O) groups excluding carboxylic acids is 1. The lowest BCUT2D eigenvalue weighted by atomic mass is 10.2. The Balaban J connectivity index is 1.57. The Morgan fingerprint density at radius 3 is 2.41 bits per heavy atom. The molecule has 0 unspecified atom stereocenters. The molecule has 0 heterocycles. The van der Waals surface area contributed by atoms with Crippen LogP contribution in [0.15, 0.2) is 83.8 Å². The monoisotopic (exact) mass is 430 g/mol. The number of hydrogen-bond donors (Lipinski definition) is 2. The van der Waals surface area contributed by atoms with E-state index in [2.05, 4.69) is 10.0 Å². The predicted octanol–water partition coefficient (Wildman–Crippen LogP) is 3.95. The van der Waals surface area contributed by atoms with Crippen LogP contribution in [0, 0.1) is 0 Å². The van der Waals surface area contributed by atoms with Gasteiger partial charge in [0.25, 0.3) is 15.9 Å². The maximum absolute atomic E-state index is 12.4. The molecule has 3 aromatic carbocycles. The van der Waals surface area contributed by atoms with E-state index in [1.807, 2.05) is 6.07 Å². The second-order valence-corrected chi connectivity index (χ2v) is 8.12. The molecule has 0 saturated carbocycles. The summed E-state index contributed by atoms with van der Waals surface area (Å²) in [6, 6.07) is 21.4. The summed E-state index contributed by atoms with van der Waals surface area (Å²) >= 11 is 6.01. The minimum atomic E-state index is -3.73. The number of amides is 1. The molecule has 0 aliphatic carbocycles. The SMILES string of the molecule is O=C(NCCOc1ccccc1Cl)c1cccc(NS(=O)(=O)c2ccccc2)c1. The molecule has 0 spiro atoms. The Morgan fingerprint density at radius 2 is 1.66 bits per heavy atom. The van der Waals surface area contributed by atoms with Crippen LogP contribution in [0.4, 0.5) is 5.69 Å². The summed E-state index contributed by atoms with van der Waals surface area (Å²) in [5, 5.41) is 3.22. The molecule has 2 N–H and O–H groups in total. The summed E-state index contributed by atoms with van der Waals surface area (Å²) in [5.74, 6) is 0.203. The van der Waals surface area contributed by atoms with Crippen molar-refractivity contribution >= 4 is 33.2 Å². The van der Waals surface area contributed by atoms with Crippen molar-refractivity contribution in [2.45, 2.75) is 4.90 Å². The molecule has 0 aromatic heterocycles. The van der Waals surface area contributed by atoms with Crippen LogP contribution in [-0.4, -0.2) is 27.5 Å². The van der Waals surface area contributed by atoms with Crippen molar-refractivity contribution in [3.8, 4) is 5.75 Å². The molecule has 8 heteroatoms. The van der Waals surface area contributed by atoms with Gasteiger partial charge in [0.15, 0.2) is 0 Å². The summed E-state index contributed by atoms with van der Waals surface area (Å²) < 4.78 is 32.8. The van der Waals surface area contributed by atoms with Crippen molar-refractivity contribution in [2.75, 3.05) is 17.9 Å². The minimum absolute atomic E-state index is 0.145. The van der Waals surface area contributed by atoms with Crippen LogP contribution in [0.5, 0.6) is 5.75 Å². The molecular formula is C21H19ClN2O4S. The van der Waals surface area contributed by atoms with Gasteiger partial charge in [-0.2, -0.15) is 0 Å². The van der Waals surface area contributed by atoms with Crippen LogP contribution in [0.3, 0.4) is 0 Å². The van der Waals surface area contributed by atoms with E-state index in [1.165, 1.54) is 18.2 Å². The fourth-order valence-corrected chi connectivity index (χ4v) is 3.79. The van der Waals surface area contributed by atoms with Crippen molar-refractivity contribution in [1.82, 2.24) is 5.32 Å². The van der Waals surface area contributed by atoms with E-state index >= 15 is 0 Å². The van der Waals surface area contributed by atoms with Crippen LogP contribution >= 0.6 is 11.6 Å². The van der Waals surface area contributed by atoms with Crippen LogP contribution in [-0.2, 0) is 10.0 Å². The Hall–Kier alpha value is -3.03. The van der Waals surface area contributed by atoms with Gasteiger partial charge < -0.3 is 10.1 Å². The first-order chi connectivity index (χ1) is 14.0. The van der Waals surface area contributed by atoms with E-state index in [4.69, 9.17) is 16.3 Å². The molecule has 6 nitrogen and oxygen atoms in total. The van der Waals surface area contributed by atoms with Crippen LogP contribution < -0.4 is 14.8 Å². The smallest absolute Gasteiger partial charge is 0.261 e. The summed E-state index contributed by atoms with van der Waals surface area (Å²) in [6.07, 6.45) is 0. The number of rotatable bonds is 8. The van der Waals surface area contributed by atoms with Crippen molar-refractivity contribution in [1.29, 1.82) is 0 Å². The van der Waals surface area contributed by atoms with Gasteiger partial charge in [-0.1, -0.05) is 48.0 Å². The molecule has 150 valence electrons. The summed E-state index contributed by atoms with van der Waals surface area (Å²) in [6.45, 7) is 0.514. The number of ether oxygens (including phenoxy) is 1. The molecule has 1 amide bonds. The lowest BCUT2D eigenvalue weighted by Gasteiger charge is -2.11. The summed E-state index contributed by atoms with van der Waals surface area (Å²) in [7, 11) is -3.73. The Kier molecular flexibility index (Phi) is 6.74. The maximum atomic E-state index is 12.4. The second kappa shape index (κ2) is 9.45. The van der Waals surface area contributed by atoms with E-state index < -0.39 is 10.0 Å². The highest BCUT2D eigenvalue weighted by molar-refractivity contribution is 7.92. The highest BCUT2D eigenvalue weighted by atomic mass is 35.5. The molecule has 0 aliphatic heterocycles. The van der Waals surface area contributed by atoms with Gasteiger partial charge in [-0.05, 0) is 42.5 Å². The topological polar surface area (TPSA) is 84.5 Å². The fraction of sp³-hybridized carbons (Fsp3) is 0.0952. The quantitative estimate of drug-likeness (QED) is 0.530. The third-order valence-electron chi connectivity index (χ3n) is 3.91. The zero-order chi connectivity index (χ0) is 20.7. The van der Waals surface area contributed by atoms with E-state index in [9.17, 15) is 13.2 Å². The highest BCUT2D eigenvalue weighted by Crippen LogP contribution is 2.22. The fourth-order valence-electron chi connectivity index (χ4n) is 2.53. The van der Waals surface area contributed by atoms with Crippen molar-refractivity contribution < 1.29 is 17.9 Å². The van der Waals surface area contributed by atoms with Crippen LogP contribution in [0.2, 0.25) is 5.02 Å². The number of carbonyl (C=O) groups is 1. The first kappa shape index (κ1) is 20.7. The number of para-hydroxylation sites is 1. The largest absolute Gasteiger partial charge is 0.490 e. The normalized spacial score (nSPS) is 10.9. The zero-order valence-electron chi connectivity index (χ0n) is 15.3. The lowest BCUT2D eigenvalue weighted by Crippen LogP contribution is -2.28. The van der Waals surface area contributed by atoms with Gasteiger partial charge in [0.1, 0.15) is 12.4 Å². The van der Waals surface area contributed by atoms with Crippen molar-refractivity contribution in [2.24, 2.45) is 0 Å². The average molecular weight is 431 g/mol. The van der Waals surface area contributed by atoms with Gasteiger partial charge >= 0.3 is 0 Å². The van der Waals surface area contributed by atoms with Gasteiger partial charge in [-0.25, -0.2) is 8.42 Å². The van der Waals surface area contributed by atoms with Crippen molar-refractivity contribution in [3.63, 3.8) is 0 Å². The van der Waals surface area contributed by atoms with Crippen LogP contribution in [0.25, 0.3) is 0 Å². The second-order valence-electron chi connectivity index (χ2n) is 6.03. The van der Waals surface area contributed by atoms with Gasteiger partial charge in [-0.3, -0.25) is 9.52 Å². The molecule has 0 atom stereocenters. The van der Waals surface area contributed by atoms with Gasteiger partial charge in [0, 0.05) is 11.3 Å². The zero-order valence-corrected chi connectivity index (χ0v) is 16.9. The lowest BCUT2D eigenvalue weighted by molar-refractivity contribution is 0.0947. The standard InChI is InChI=1S/C21H19ClN2O4S/c22-19-11-4-5-12-20(19)28-14-13-23-21(25)16-7-6-8-17(15-16)24-29(26,27)18-9-2-1-3-10-18/h1-12,15,24H,13-14H2,(H,23,25). The Labute approximate surface area is 174 Å². The van der Waals surface area contributed by atoms with Gasteiger partial charge in [0.2, 0.25) is 0 Å². The molecule has 0 aliphatic rings. The third kappa shape index (κ3) is 5.73. The number of hydrogen-bond acceptors (Lipinski definition) is 4. The molecule has 29 heavy (non-hydrogen) atoms. The van der Waals surface area contributed by atoms with E-state index in [0.29, 0.717) is 22.0 Å². The molecule has 0 bridgehead atoms. The number of nitrogens with one attached hydrogen (secondary N) is 2. The van der Waals surface area contributed by atoms with E-state index in [1.54, 1.807) is 54.6 Å². The first-order valence-electron chi connectivity index (χ1n) is 8.79. The Bertz CT molecular complexity index is 1090. The average Bonchev–Trinajstić information content (AvgIpc) is 2.73. The molecule has 0 radical (unpaired) electrons. The molecule has 0 fully saturated rings. The number of anilines is 1. The van der Waals surface area contributed by atoms with Gasteiger partial charge in [0.05, 0.1) is 16.5 Å². The van der Waals surface area contributed by atoms with Crippen LogP contribution in [0.1, 0.15) is 10.4 Å². The molecule has 3 aromatic rings. The van der Waals surface area contributed by atoms with Gasteiger partial charge in [-0.15, -0.1) is 0 Å². The van der Waals surface area contributed by atoms with E-state index in [0.717, 1.165) is 0 Å². The number of halogens is 1. The number of benzene rings is 3. The maximum Gasteiger partial charge on any atom is 0.261 e. The minimum Gasteiger partial charge on any atom is -0.490 e. The highest BCUT2D eigenvalue weighted by Gasteiger charge is 2.14. The Morgan fingerprint density at radius 1 is 0.931 bits per heavy atom.